The number of allylic oxidation sites excluding steroid dienone is 2. The molecule has 5 heteroatoms. The van der Waals surface area contributed by atoms with E-state index in [1.165, 1.54) is 13.0 Å². The van der Waals surface area contributed by atoms with Gasteiger partial charge in [0.25, 0.3) is 0 Å². The van der Waals surface area contributed by atoms with Crippen molar-refractivity contribution >= 4 is 27.4 Å². The van der Waals surface area contributed by atoms with Crippen molar-refractivity contribution in [3.63, 3.8) is 0 Å². The summed E-state index contributed by atoms with van der Waals surface area (Å²) in [5.74, 6) is 0.643. The Morgan fingerprint density at radius 3 is 2.21 bits per heavy atom. The first-order valence-corrected chi connectivity index (χ1v) is 10.7. The Morgan fingerprint density at radius 2 is 1.59 bits per heavy atom. The monoisotopic (exact) mass is 547 g/mol. The quantitative estimate of drug-likeness (QED) is 0.232. The molecule has 153 valence electrons. The molecule has 0 fully saturated rings. The molecule has 0 spiro atoms. The van der Waals surface area contributed by atoms with Crippen LogP contribution in [0.2, 0.25) is 0 Å². The SMILES string of the molecule is C/C(O)=C/C(=O)c1ccc2ccccc2c1.CCCCS(=O)c1ccccc1.[Eu]. The number of unbranched alkanes of at least 4 members (excludes halogenated alkanes) is 1. The van der Waals surface area contributed by atoms with Crippen LogP contribution in [-0.4, -0.2) is 20.9 Å². The first kappa shape index (κ1) is 25.9. The number of fused-ring (bicyclic) bond motifs is 1. The number of benzene rings is 3. The summed E-state index contributed by atoms with van der Waals surface area (Å²) >= 11 is 0. The maximum atomic E-state index is 11.7. The van der Waals surface area contributed by atoms with E-state index < -0.39 is 10.8 Å². The predicted octanol–water partition coefficient (Wildman–Crippen LogP) is 6.08. The Labute approximate surface area is 216 Å². The van der Waals surface area contributed by atoms with Crippen LogP contribution in [0, 0.1) is 49.4 Å². The molecule has 0 heterocycles. The fourth-order valence-electron chi connectivity index (χ4n) is 2.58. The van der Waals surface area contributed by atoms with Crippen molar-refractivity contribution < 1.29 is 63.5 Å². The molecule has 1 N–H and O–H groups in total. The topological polar surface area (TPSA) is 54.4 Å². The zero-order valence-electron chi connectivity index (χ0n) is 16.7. The third-order valence-corrected chi connectivity index (χ3v) is 5.52. The fraction of sp³-hybridized carbons (Fsp3) is 0.208. The average molecular weight is 547 g/mol. The number of hydrogen-bond acceptors (Lipinski definition) is 3. The molecule has 29 heavy (non-hydrogen) atoms. The summed E-state index contributed by atoms with van der Waals surface area (Å²) in [6.45, 7) is 3.60. The Balaban J connectivity index is 0.000000292. The van der Waals surface area contributed by atoms with E-state index >= 15 is 0 Å². The first-order chi connectivity index (χ1) is 13.5. The summed E-state index contributed by atoms with van der Waals surface area (Å²) in [6.07, 6.45) is 3.38. The van der Waals surface area contributed by atoms with Crippen LogP contribution in [0.1, 0.15) is 37.0 Å². The van der Waals surface area contributed by atoms with Gasteiger partial charge in [-0.25, -0.2) is 0 Å². The third-order valence-electron chi connectivity index (χ3n) is 4.06. The second-order valence-corrected chi connectivity index (χ2v) is 8.00. The van der Waals surface area contributed by atoms with Gasteiger partial charge in [-0.2, -0.15) is 0 Å². The molecule has 0 aliphatic rings. The number of rotatable bonds is 6. The summed E-state index contributed by atoms with van der Waals surface area (Å²) in [5, 5.41) is 11.2. The molecule has 0 bridgehead atoms. The summed E-state index contributed by atoms with van der Waals surface area (Å²) in [4.78, 5) is 12.6. The third kappa shape index (κ3) is 9.04. The maximum Gasteiger partial charge on any atom is 0.189 e. The van der Waals surface area contributed by atoms with E-state index in [0.717, 1.165) is 34.3 Å². The van der Waals surface area contributed by atoms with Gasteiger partial charge >= 0.3 is 0 Å². The van der Waals surface area contributed by atoms with Crippen molar-refractivity contribution in [1.82, 2.24) is 0 Å². The van der Waals surface area contributed by atoms with Gasteiger partial charge in [-0.3, -0.25) is 9.00 Å². The minimum absolute atomic E-state index is 0. The van der Waals surface area contributed by atoms with Crippen LogP contribution in [0.25, 0.3) is 10.8 Å². The predicted molar refractivity (Wildman–Crippen MR) is 117 cm³/mol. The first-order valence-electron chi connectivity index (χ1n) is 9.35. The van der Waals surface area contributed by atoms with Gasteiger partial charge in [-0.15, -0.1) is 0 Å². The number of aliphatic hydroxyl groups is 1. The fourth-order valence-corrected chi connectivity index (χ4v) is 3.83. The largest absolute Gasteiger partial charge is 0.512 e. The van der Waals surface area contributed by atoms with Crippen molar-refractivity contribution in [2.45, 2.75) is 31.6 Å². The minimum atomic E-state index is -0.783. The van der Waals surface area contributed by atoms with Crippen LogP contribution >= 0.6 is 0 Å². The van der Waals surface area contributed by atoms with E-state index in [1.807, 2.05) is 66.7 Å². The van der Waals surface area contributed by atoms with Gasteiger partial charge in [-0.1, -0.05) is 67.9 Å². The van der Waals surface area contributed by atoms with Crippen molar-refractivity contribution in [2.24, 2.45) is 0 Å². The summed E-state index contributed by atoms with van der Waals surface area (Å²) < 4.78 is 11.5. The normalized spacial score (nSPS) is 11.7. The molecule has 0 saturated carbocycles. The maximum absolute atomic E-state index is 11.7. The molecule has 0 aliphatic carbocycles. The molecule has 0 saturated heterocycles. The molecule has 0 aliphatic heterocycles. The molecule has 0 amide bonds. The zero-order valence-corrected chi connectivity index (χ0v) is 19.9. The number of carbonyl (C=O) groups excluding carboxylic acids is 1. The summed E-state index contributed by atoms with van der Waals surface area (Å²) in [7, 11) is -0.783. The number of ketones is 1. The molecule has 1 atom stereocenters. The Hall–Kier alpha value is -1.14. The molecule has 1 radical (unpaired) electrons. The summed E-state index contributed by atoms with van der Waals surface area (Å²) in [5.41, 5.74) is 0.590. The van der Waals surface area contributed by atoms with Gasteiger partial charge in [0.2, 0.25) is 0 Å². The van der Waals surface area contributed by atoms with E-state index in [0.29, 0.717) is 5.56 Å². The average Bonchev–Trinajstić information content (AvgIpc) is 2.72. The molecule has 0 aromatic heterocycles. The van der Waals surface area contributed by atoms with Gasteiger partial charge in [0.15, 0.2) is 5.78 Å². The molecule has 3 aromatic carbocycles. The van der Waals surface area contributed by atoms with Gasteiger partial charge in [0.1, 0.15) is 0 Å². The standard InChI is InChI=1S/C14H12O2.C10H14OS.Eu/c1-10(15)8-14(16)13-7-6-11-4-2-3-5-12(11)9-13;1-2-3-9-12(11)10-7-5-4-6-8-10;/h2-9,15H,1H3;4-8H,2-3,9H2,1H3;/b10-8-;;. The van der Waals surface area contributed by atoms with E-state index in [1.54, 1.807) is 6.07 Å². The molecular weight excluding hydrogens is 520 g/mol. The Kier molecular flexibility index (Phi) is 12.5. The van der Waals surface area contributed by atoms with E-state index in [-0.39, 0.29) is 60.9 Å². The van der Waals surface area contributed by atoms with Crippen LogP contribution in [0.4, 0.5) is 0 Å². The molecular formula is C24H26EuO3S. The molecule has 3 rings (SSSR count). The van der Waals surface area contributed by atoms with Crippen LogP contribution in [0.15, 0.2) is 89.5 Å². The van der Waals surface area contributed by atoms with E-state index in [9.17, 15) is 9.00 Å². The number of carbonyl (C=O) groups is 1. The van der Waals surface area contributed by atoms with Gasteiger partial charge < -0.3 is 5.11 Å². The Morgan fingerprint density at radius 1 is 0.966 bits per heavy atom. The number of hydrogen-bond donors (Lipinski definition) is 1. The molecule has 3 nitrogen and oxygen atoms in total. The second-order valence-electron chi connectivity index (χ2n) is 6.43. The zero-order chi connectivity index (χ0) is 20.4. The smallest absolute Gasteiger partial charge is 0.189 e. The van der Waals surface area contributed by atoms with Crippen molar-refractivity contribution in [3.8, 4) is 0 Å². The van der Waals surface area contributed by atoms with E-state index in [2.05, 4.69) is 6.92 Å². The van der Waals surface area contributed by atoms with Crippen molar-refractivity contribution in [3.05, 3.63) is 90.2 Å². The van der Waals surface area contributed by atoms with Gasteiger partial charge in [0, 0.05) is 71.7 Å². The van der Waals surface area contributed by atoms with Crippen molar-refractivity contribution in [2.75, 3.05) is 5.75 Å². The second kappa shape index (κ2) is 14.0. The number of aliphatic hydroxyl groups excluding tert-OH is 1. The van der Waals surface area contributed by atoms with Crippen LogP contribution in [-0.2, 0) is 10.8 Å². The van der Waals surface area contributed by atoms with Gasteiger partial charge in [-0.05, 0) is 42.3 Å². The van der Waals surface area contributed by atoms with Crippen LogP contribution in [0.3, 0.4) is 0 Å². The van der Waals surface area contributed by atoms with Crippen LogP contribution < -0.4 is 0 Å². The van der Waals surface area contributed by atoms with Gasteiger partial charge in [0.05, 0.1) is 16.6 Å². The Bertz CT molecular complexity index is 964. The van der Waals surface area contributed by atoms with E-state index in [4.69, 9.17) is 5.11 Å². The molecule has 1 unspecified atom stereocenters. The van der Waals surface area contributed by atoms with Crippen LogP contribution in [0.5, 0.6) is 0 Å². The molecule has 3 aromatic rings. The minimum Gasteiger partial charge on any atom is -0.512 e. The van der Waals surface area contributed by atoms with Crippen molar-refractivity contribution in [1.29, 1.82) is 0 Å². The summed E-state index contributed by atoms with van der Waals surface area (Å²) in [6, 6.07) is 23.0.